The first kappa shape index (κ1) is 22.8. The van der Waals surface area contributed by atoms with Crippen LogP contribution in [0.5, 0.6) is 0 Å². The van der Waals surface area contributed by atoms with E-state index in [4.69, 9.17) is 8.83 Å². The number of hydrogen-bond donors (Lipinski definition) is 0. The molecule has 0 bridgehead atoms. The number of piperazine rings is 1. The Morgan fingerprint density at radius 3 is 2.19 bits per heavy atom. The van der Waals surface area contributed by atoms with Gasteiger partial charge in [0.1, 0.15) is 17.3 Å². The van der Waals surface area contributed by atoms with Gasteiger partial charge in [0.2, 0.25) is 0 Å². The summed E-state index contributed by atoms with van der Waals surface area (Å²) < 4.78 is 26.7. The van der Waals surface area contributed by atoms with Gasteiger partial charge in [0.05, 0.1) is 11.8 Å². The van der Waals surface area contributed by atoms with E-state index in [-0.39, 0.29) is 17.6 Å². The highest BCUT2D eigenvalue weighted by Crippen LogP contribution is 2.31. The summed E-state index contributed by atoms with van der Waals surface area (Å²) >= 11 is 0. The Kier molecular flexibility index (Phi) is 5.84. The number of amides is 2. The molecule has 5 aromatic rings. The zero-order valence-corrected chi connectivity index (χ0v) is 20.0. The monoisotopic (exact) mass is 497 g/mol. The van der Waals surface area contributed by atoms with E-state index in [1.54, 1.807) is 40.1 Å². The van der Waals surface area contributed by atoms with Gasteiger partial charge < -0.3 is 23.2 Å². The van der Waals surface area contributed by atoms with Gasteiger partial charge in [0, 0.05) is 50.4 Å². The maximum Gasteiger partial charge on any atom is 0.289 e. The molecule has 37 heavy (non-hydrogen) atoms. The van der Waals surface area contributed by atoms with E-state index in [1.165, 1.54) is 18.4 Å². The first-order valence-electron chi connectivity index (χ1n) is 12.1. The number of furan rings is 2. The van der Waals surface area contributed by atoms with Gasteiger partial charge in [-0.3, -0.25) is 9.59 Å². The highest BCUT2D eigenvalue weighted by atomic mass is 19.1. The predicted octanol–water partition coefficient (Wildman–Crippen LogP) is 5.28. The summed E-state index contributed by atoms with van der Waals surface area (Å²) in [5.74, 6) is 0.308. The molecular formula is C29H24FN3O4. The Morgan fingerprint density at radius 2 is 1.51 bits per heavy atom. The smallest absolute Gasteiger partial charge is 0.289 e. The van der Waals surface area contributed by atoms with Gasteiger partial charge in [-0.15, -0.1) is 0 Å². The molecule has 7 nitrogen and oxygen atoms in total. The quantitative estimate of drug-likeness (QED) is 0.331. The lowest BCUT2D eigenvalue weighted by Crippen LogP contribution is -2.50. The van der Waals surface area contributed by atoms with Crippen molar-refractivity contribution in [3.63, 3.8) is 0 Å². The van der Waals surface area contributed by atoms with E-state index >= 15 is 0 Å². The molecule has 6 rings (SSSR count). The second-order valence-corrected chi connectivity index (χ2v) is 9.03. The molecule has 186 valence electrons. The fraction of sp³-hybridized carbons (Fsp3) is 0.172. The summed E-state index contributed by atoms with van der Waals surface area (Å²) in [5.41, 5.74) is 3.71. The van der Waals surface area contributed by atoms with E-state index in [0.717, 1.165) is 16.6 Å². The van der Waals surface area contributed by atoms with Crippen LogP contribution in [-0.4, -0.2) is 52.4 Å². The van der Waals surface area contributed by atoms with Gasteiger partial charge in [-0.05, 0) is 42.0 Å². The summed E-state index contributed by atoms with van der Waals surface area (Å²) in [6, 6.07) is 23.0. The van der Waals surface area contributed by atoms with Crippen LogP contribution in [0, 0.1) is 5.82 Å². The van der Waals surface area contributed by atoms with Crippen LogP contribution in [0.25, 0.3) is 22.4 Å². The van der Waals surface area contributed by atoms with Crippen molar-refractivity contribution in [3.05, 3.63) is 108 Å². The van der Waals surface area contributed by atoms with Crippen LogP contribution in [-0.2, 0) is 6.54 Å². The van der Waals surface area contributed by atoms with Gasteiger partial charge in [-0.1, -0.05) is 30.3 Å². The van der Waals surface area contributed by atoms with Gasteiger partial charge in [0.15, 0.2) is 11.3 Å². The number of nitrogens with zero attached hydrogens (tertiary/aromatic N) is 3. The van der Waals surface area contributed by atoms with Crippen molar-refractivity contribution in [1.29, 1.82) is 0 Å². The first-order valence-corrected chi connectivity index (χ1v) is 12.1. The van der Waals surface area contributed by atoms with E-state index in [0.29, 0.717) is 55.5 Å². The molecule has 1 saturated heterocycles. The molecule has 3 aromatic heterocycles. The Balaban J connectivity index is 1.29. The third kappa shape index (κ3) is 4.42. The number of benzene rings is 2. The molecule has 0 radical (unpaired) electrons. The van der Waals surface area contributed by atoms with Crippen molar-refractivity contribution in [3.8, 4) is 11.3 Å². The van der Waals surface area contributed by atoms with E-state index in [2.05, 4.69) is 0 Å². The predicted molar refractivity (Wildman–Crippen MR) is 136 cm³/mol. The molecule has 0 unspecified atom stereocenters. The molecule has 8 heteroatoms. The highest BCUT2D eigenvalue weighted by Gasteiger charge is 2.29. The zero-order chi connectivity index (χ0) is 25.4. The molecule has 2 aromatic carbocycles. The Hall–Kier alpha value is -4.59. The number of rotatable bonds is 5. The number of hydrogen-bond acceptors (Lipinski definition) is 4. The van der Waals surface area contributed by atoms with Crippen molar-refractivity contribution in [1.82, 2.24) is 14.4 Å². The molecule has 0 aliphatic carbocycles. The molecular weight excluding hydrogens is 473 g/mol. The maximum absolute atomic E-state index is 13.7. The summed E-state index contributed by atoms with van der Waals surface area (Å²) in [5, 5.41) is 0. The highest BCUT2D eigenvalue weighted by molar-refractivity contribution is 5.98. The van der Waals surface area contributed by atoms with Crippen LogP contribution in [0.4, 0.5) is 4.39 Å². The van der Waals surface area contributed by atoms with Crippen LogP contribution in [0.3, 0.4) is 0 Å². The largest absolute Gasteiger partial charge is 0.459 e. The van der Waals surface area contributed by atoms with Crippen LogP contribution in [0.15, 0.2) is 94.0 Å². The topological polar surface area (TPSA) is 71.8 Å². The average molecular weight is 498 g/mol. The minimum absolute atomic E-state index is 0.115. The lowest BCUT2D eigenvalue weighted by molar-refractivity contribution is 0.0513. The fourth-order valence-corrected chi connectivity index (χ4v) is 4.74. The number of halogens is 1. The van der Waals surface area contributed by atoms with Crippen molar-refractivity contribution >= 4 is 22.9 Å². The Bertz CT molecular complexity index is 1540. The van der Waals surface area contributed by atoms with Crippen LogP contribution in [0.2, 0.25) is 0 Å². The third-order valence-corrected chi connectivity index (χ3v) is 6.71. The Morgan fingerprint density at radius 1 is 0.811 bits per heavy atom. The van der Waals surface area contributed by atoms with E-state index in [9.17, 15) is 14.0 Å². The second-order valence-electron chi connectivity index (χ2n) is 9.03. The maximum atomic E-state index is 13.7. The second kappa shape index (κ2) is 9.46. The Labute approximate surface area is 212 Å². The fourth-order valence-electron chi connectivity index (χ4n) is 4.74. The minimum atomic E-state index is -0.313. The lowest BCUT2D eigenvalue weighted by Gasteiger charge is -2.34. The minimum Gasteiger partial charge on any atom is -0.459 e. The van der Waals surface area contributed by atoms with Crippen molar-refractivity contribution in [2.75, 3.05) is 26.2 Å². The molecule has 0 saturated carbocycles. The summed E-state index contributed by atoms with van der Waals surface area (Å²) in [6.07, 6.45) is 1.48. The molecule has 1 aliphatic heterocycles. The molecule has 4 heterocycles. The normalized spacial score (nSPS) is 13.9. The van der Waals surface area contributed by atoms with Gasteiger partial charge in [-0.2, -0.15) is 0 Å². The standard InChI is InChI=1S/C29H24FN3O4/c30-22-10-8-21(9-11-22)26-17-23-27(37-26)18-24(33(23)19-20-5-2-1-3-6-20)28(34)31-12-14-32(15-13-31)29(35)25-7-4-16-36-25/h1-11,16-18H,12-15,19H2. The first-order chi connectivity index (χ1) is 18.1. The average Bonchev–Trinajstić information content (AvgIpc) is 3.67. The zero-order valence-electron chi connectivity index (χ0n) is 20.0. The lowest BCUT2D eigenvalue weighted by atomic mass is 10.2. The number of carbonyl (C=O) groups is 2. The molecule has 0 spiro atoms. The number of carbonyl (C=O) groups excluding carboxylic acids is 2. The van der Waals surface area contributed by atoms with Crippen LogP contribution in [0.1, 0.15) is 26.6 Å². The summed E-state index contributed by atoms with van der Waals surface area (Å²) in [4.78, 5) is 29.7. The van der Waals surface area contributed by atoms with E-state index < -0.39 is 0 Å². The van der Waals surface area contributed by atoms with Crippen LogP contribution >= 0.6 is 0 Å². The number of fused-ring (bicyclic) bond motifs is 1. The van der Waals surface area contributed by atoms with Crippen molar-refractivity contribution in [2.45, 2.75) is 6.54 Å². The summed E-state index contributed by atoms with van der Waals surface area (Å²) in [6.45, 7) is 2.18. The third-order valence-electron chi connectivity index (χ3n) is 6.71. The van der Waals surface area contributed by atoms with Crippen molar-refractivity contribution < 1.29 is 22.8 Å². The van der Waals surface area contributed by atoms with E-state index in [1.807, 2.05) is 41.0 Å². The number of aromatic nitrogens is 1. The molecule has 0 N–H and O–H groups in total. The van der Waals surface area contributed by atoms with Crippen molar-refractivity contribution in [2.24, 2.45) is 0 Å². The summed E-state index contributed by atoms with van der Waals surface area (Å²) in [7, 11) is 0. The van der Waals surface area contributed by atoms with Crippen LogP contribution < -0.4 is 0 Å². The SMILES string of the molecule is O=C(c1ccco1)N1CCN(C(=O)c2cc3oc(-c4ccc(F)cc4)cc3n2Cc2ccccc2)CC1. The van der Waals surface area contributed by atoms with Gasteiger partial charge in [0.25, 0.3) is 11.8 Å². The molecule has 1 aliphatic rings. The molecule has 0 atom stereocenters. The van der Waals surface area contributed by atoms with Gasteiger partial charge >= 0.3 is 0 Å². The molecule has 1 fully saturated rings. The van der Waals surface area contributed by atoms with Gasteiger partial charge in [-0.25, -0.2) is 4.39 Å². The molecule has 2 amide bonds.